The normalized spacial score (nSPS) is 16.4. The summed E-state index contributed by atoms with van der Waals surface area (Å²) in [5, 5.41) is 4.49. The second-order valence-corrected chi connectivity index (χ2v) is 6.76. The van der Waals surface area contributed by atoms with Crippen LogP contribution in [0.2, 0.25) is 0 Å². The van der Waals surface area contributed by atoms with Crippen LogP contribution in [0.25, 0.3) is 0 Å². The van der Waals surface area contributed by atoms with Gasteiger partial charge in [0.25, 0.3) is 0 Å². The lowest BCUT2D eigenvalue weighted by Crippen LogP contribution is -2.22. The van der Waals surface area contributed by atoms with E-state index in [2.05, 4.69) is 48.3 Å². The van der Waals surface area contributed by atoms with Crippen molar-refractivity contribution in [3.05, 3.63) is 46.0 Å². The number of hydrogen-bond acceptors (Lipinski definition) is 4. The predicted molar refractivity (Wildman–Crippen MR) is 90.1 cm³/mol. The zero-order valence-electron chi connectivity index (χ0n) is 13.0. The van der Waals surface area contributed by atoms with Gasteiger partial charge in [-0.3, -0.25) is 0 Å². The molecule has 0 amide bonds. The largest absolute Gasteiger partial charge is 0.344 e. The van der Waals surface area contributed by atoms with Crippen molar-refractivity contribution in [2.24, 2.45) is 0 Å². The number of rotatable bonds is 3. The highest BCUT2D eigenvalue weighted by atomic mass is 32.1. The molecule has 0 radical (unpaired) electrons. The third-order valence-electron chi connectivity index (χ3n) is 4.27. The van der Waals surface area contributed by atoms with Crippen molar-refractivity contribution < 1.29 is 0 Å². The maximum absolute atomic E-state index is 4.82. The highest BCUT2D eigenvalue weighted by Crippen LogP contribution is 2.32. The summed E-state index contributed by atoms with van der Waals surface area (Å²) >= 11 is 1.83. The zero-order chi connectivity index (χ0) is 14.8. The number of anilines is 1. The molecule has 112 valence electrons. The lowest BCUT2D eigenvalue weighted by atomic mass is 10.0. The van der Waals surface area contributed by atoms with E-state index < -0.39 is 0 Å². The number of aryl methyl sites for hydroxylation is 2. The Balaban J connectivity index is 1.87. The standard InChI is InChI=1S/C17H23N3S/c1-12(18-3)16-13(2)19-17(21-16)20-10-6-9-14-7-4-5-8-15(14)11-20/h4-5,7-8,12,18H,6,9-11H2,1-3H3. The lowest BCUT2D eigenvalue weighted by molar-refractivity contribution is 0.658. The molecule has 1 atom stereocenters. The summed E-state index contributed by atoms with van der Waals surface area (Å²) in [5.74, 6) is 0. The molecule has 0 spiro atoms. The first-order chi connectivity index (χ1) is 10.2. The van der Waals surface area contributed by atoms with Crippen LogP contribution in [-0.2, 0) is 13.0 Å². The van der Waals surface area contributed by atoms with Crippen LogP contribution in [0, 0.1) is 6.92 Å². The number of aromatic nitrogens is 1. The summed E-state index contributed by atoms with van der Waals surface area (Å²) in [4.78, 5) is 8.61. The van der Waals surface area contributed by atoms with Crippen molar-refractivity contribution in [3.63, 3.8) is 0 Å². The summed E-state index contributed by atoms with van der Waals surface area (Å²) in [7, 11) is 2.01. The van der Waals surface area contributed by atoms with Crippen molar-refractivity contribution in [1.29, 1.82) is 0 Å². The van der Waals surface area contributed by atoms with Gasteiger partial charge in [0.15, 0.2) is 5.13 Å². The van der Waals surface area contributed by atoms with E-state index in [4.69, 9.17) is 4.98 Å². The first kappa shape index (κ1) is 14.5. The minimum Gasteiger partial charge on any atom is -0.344 e. The van der Waals surface area contributed by atoms with Crippen LogP contribution in [0.15, 0.2) is 24.3 Å². The summed E-state index contributed by atoms with van der Waals surface area (Å²) in [5.41, 5.74) is 4.11. The number of nitrogens with zero attached hydrogens (tertiary/aromatic N) is 2. The Hall–Kier alpha value is -1.39. The molecule has 1 aliphatic heterocycles. The molecule has 1 aromatic heterocycles. The number of fused-ring (bicyclic) bond motifs is 1. The summed E-state index contributed by atoms with van der Waals surface area (Å²) in [6.45, 7) is 6.39. The van der Waals surface area contributed by atoms with E-state index in [1.165, 1.54) is 34.0 Å². The van der Waals surface area contributed by atoms with Gasteiger partial charge >= 0.3 is 0 Å². The molecule has 1 aromatic carbocycles. The molecule has 2 aromatic rings. The molecular formula is C17H23N3S. The van der Waals surface area contributed by atoms with Crippen LogP contribution < -0.4 is 10.2 Å². The first-order valence-electron chi connectivity index (χ1n) is 7.65. The van der Waals surface area contributed by atoms with E-state index in [0.717, 1.165) is 18.8 Å². The van der Waals surface area contributed by atoms with Crippen LogP contribution >= 0.6 is 11.3 Å². The van der Waals surface area contributed by atoms with E-state index >= 15 is 0 Å². The van der Waals surface area contributed by atoms with Gasteiger partial charge in [0.2, 0.25) is 0 Å². The van der Waals surface area contributed by atoms with Gasteiger partial charge in [-0.25, -0.2) is 4.98 Å². The summed E-state index contributed by atoms with van der Waals surface area (Å²) < 4.78 is 0. The summed E-state index contributed by atoms with van der Waals surface area (Å²) in [6.07, 6.45) is 2.38. The second kappa shape index (κ2) is 6.16. The molecule has 0 bridgehead atoms. The van der Waals surface area contributed by atoms with Gasteiger partial charge in [0, 0.05) is 24.0 Å². The fourth-order valence-corrected chi connectivity index (χ4v) is 4.08. The fraction of sp³-hybridized carbons (Fsp3) is 0.471. The molecule has 3 nitrogen and oxygen atoms in total. The molecule has 21 heavy (non-hydrogen) atoms. The molecule has 0 aliphatic carbocycles. The SMILES string of the molecule is CNC(C)c1sc(N2CCCc3ccccc3C2)nc1C. The Kier molecular flexibility index (Phi) is 4.27. The monoisotopic (exact) mass is 301 g/mol. The van der Waals surface area contributed by atoms with Crippen molar-refractivity contribution in [1.82, 2.24) is 10.3 Å². The van der Waals surface area contributed by atoms with Crippen LogP contribution in [0.5, 0.6) is 0 Å². The molecule has 0 saturated carbocycles. The molecule has 4 heteroatoms. The topological polar surface area (TPSA) is 28.2 Å². The smallest absolute Gasteiger partial charge is 0.186 e. The van der Waals surface area contributed by atoms with Crippen molar-refractivity contribution in [2.75, 3.05) is 18.5 Å². The number of benzene rings is 1. The molecule has 1 unspecified atom stereocenters. The second-order valence-electron chi connectivity index (χ2n) is 5.75. The van der Waals surface area contributed by atoms with E-state index in [-0.39, 0.29) is 0 Å². The van der Waals surface area contributed by atoms with E-state index in [1.807, 2.05) is 18.4 Å². The molecule has 0 saturated heterocycles. The Morgan fingerprint density at radius 2 is 2.05 bits per heavy atom. The van der Waals surface area contributed by atoms with Gasteiger partial charge in [0.1, 0.15) is 0 Å². The minimum atomic E-state index is 0.371. The molecule has 2 heterocycles. The Labute approximate surface area is 131 Å². The van der Waals surface area contributed by atoms with Gasteiger partial charge in [-0.05, 0) is 44.9 Å². The van der Waals surface area contributed by atoms with Gasteiger partial charge in [-0.15, -0.1) is 11.3 Å². The molecular weight excluding hydrogens is 278 g/mol. The average Bonchev–Trinajstić information content (AvgIpc) is 2.76. The third kappa shape index (κ3) is 2.97. The highest BCUT2D eigenvalue weighted by molar-refractivity contribution is 7.15. The lowest BCUT2D eigenvalue weighted by Gasteiger charge is -2.19. The molecule has 1 N–H and O–H groups in total. The predicted octanol–water partition coefficient (Wildman–Crippen LogP) is 3.68. The van der Waals surface area contributed by atoms with Crippen LogP contribution in [-0.4, -0.2) is 18.6 Å². The number of hydrogen-bond donors (Lipinski definition) is 1. The molecule has 1 aliphatic rings. The summed E-state index contributed by atoms with van der Waals surface area (Å²) in [6, 6.07) is 9.18. The maximum Gasteiger partial charge on any atom is 0.186 e. The van der Waals surface area contributed by atoms with Crippen LogP contribution in [0.3, 0.4) is 0 Å². The van der Waals surface area contributed by atoms with Gasteiger partial charge in [0.05, 0.1) is 5.69 Å². The van der Waals surface area contributed by atoms with Crippen molar-refractivity contribution in [2.45, 2.75) is 39.3 Å². The Morgan fingerprint density at radius 1 is 1.29 bits per heavy atom. The minimum absolute atomic E-state index is 0.371. The average molecular weight is 301 g/mol. The quantitative estimate of drug-likeness (QED) is 0.937. The Bertz CT molecular complexity index is 620. The van der Waals surface area contributed by atoms with Crippen molar-refractivity contribution >= 4 is 16.5 Å². The maximum atomic E-state index is 4.82. The van der Waals surface area contributed by atoms with E-state index in [0.29, 0.717) is 6.04 Å². The van der Waals surface area contributed by atoms with Gasteiger partial charge in [-0.2, -0.15) is 0 Å². The van der Waals surface area contributed by atoms with Gasteiger partial charge < -0.3 is 10.2 Å². The fourth-order valence-electron chi connectivity index (χ4n) is 2.93. The van der Waals surface area contributed by atoms with Crippen LogP contribution in [0.4, 0.5) is 5.13 Å². The molecule has 3 rings (SSSR count). The van der Waals surface area contributed by atoms with Gasteiger partial charge in [-0.1, -0.05) is 24.3 Å². The molecule has 0 fully saturated rings. The highest BCUT2D eigenvalue weighted by Gasteiger charge is 2.20. The zero-order valence-corrected chi connectivity index (χ0v) is 13.8. The third-order valence-corrected chi connectivity index (χ3v) is 5.67. The number of nitrogens with one attached hydrogen (secondary N) is 1. The van der Waals surface area contributed by atoms with Crippen molar-refractivity contribution in [3.8, 4) is 0 Å². The first-order valence-corrected chi connectivity index (χ1v) is 8.47. The number of thiazole rings is 1. The van der Waals surface area contributed by atoms with E-state index in [9.17, 15) is 0 Å². The Morgan fingerprint density at radius 3 is 2.81 bits per heavy atom. The van der Waals surface area contributed by atoms with E-state index in [1.54, 1.807) is 0 Å². The van der Waals surface area contributed by atoms with Crippen LogP contribution in [0.1, 0.15) is 41.1 Å².